The summed E-state index contributed by atoms with van der Waals surface area (Å²) in [5, 5.41) is 0. The van der Waals surface area contributed by atoms with Gasteiger partial charge in [0.1, 0.15) is 0 Å². The third-order valence-electron chi connectivity index (χ3n) is 4.86. The molecule has 0 aromatic heterocycles. The lowest BCUT2D eigenvalue weighted by molar-refractivity contribution is 0.587. The monoisotopic (exact) mass is 274 g/mol. The van der Waals surface area contributed by atoms with Crippen molar-refractivity contribution in [3.63, 3.8) is 0 Å². The van der Waals surface area contributed by atoms with Crippen molar-refractivity contribution in [1.82, 2.24) is 0 Å². The lowest BCUT2D eigenvalue weighted by Crippen LogP contribution is -2.33. The number of allylic oxidation sites excluding steroid dienone is 2. The molecule has 0 unspecified atom stereocenters. The molecule has 0 heterocycles. The molecular weight excluding hydrogens is 256 g/mol. The summed E-state index contributed by atoms with van der Waals surface area (Å²) < 4.78 is 0. The third kappa shape index (κ3) is 1.53. The van der Waals surface area contributed by atoms with Gasteiger partial charge in [-0.1, -0.05) is 60.7 Å². The van der Waals surface area contributed by atoms with Gasteiger partial charge in [-0.2, -0.15) is 0 Å². The van der Waals surface area contributed by atoms with E-state index >= 15 is 0 Å². The highest BCUT2D eigenvalue weighted by atomic mass is 14.8. The van der Waals surface area contributed by atoms with E-state index < -0.39 is 0 Å². The second-order valence-corrected chi connectivity index (χ2v) is 5.85. The van der Waals surface area contributed by atoms with Gasteiger partial charge in [0.2, 0.25) is 0 Å². The van der Waals surface area contributed by atoms with E-state index in [4.69, 9.17) is 11.5 Å². The van der Waals surface area contributed by atoms with E-state index in [9.17, 15) is 0 Å². The molecule has 0 aliphatic heterocycles. The van der Waals surface area contributed by atoms with Crippen LogP contribution in [0.4, 0.5) is 0 Å². The second kappa shape index (κ2) is 4.26. The summed E-state index contributed by atoms with van der Waals surface area (Å²) in [5.41, 5.74) is 19.1. The lowest BCUT2D eigenvalue weighted by Gasteiger charge is -2.33. The number of rotatable bonds is 0. The molecule has 1 spiro atoms. The van der Waals surface area contributed by atoms with Gasteiger partial charge in [0.15, 0.2) is 0 Å². The van der Waals surface area contributed by atoms with Crippen LogP contribution in [-0.2, 0) is 5.41 Å². The number of benzene rings is 2. The van der Waals surface area contributed by atoms with Crippen LogP contribution in [0.15, 0.2) is 59.9 Å². The number of fused-ring (bicyclic) bond motifs is 4. The average Bonchev–Trinajstić information content (AvgIpc) is 2.75. The first-order chi connectivity index (χ1) is 10.2. The Balaban J connectivity index is 2.13. The van der Waals surface area contributed by atoms with Crippen molar-refractivity contribution < 1.29 is 0 Å². The Bertz CT molecular complexity index is 734. The van der Waals surface area contributed by atoms with Crippen LogP contribution in [0.1, 0.15) is 35.1 Å². The molecule has 0 amide bonds. The summed E-state index contributed by atoms with van der Waals surface area (Å²) in [7, 11) is 0. The zero-order valence-corrected chi connectivity index (χ0v) is 11.8. The highest BCUT2D eigenvalue weighted by Crippen LogP contribution is 2.50. The van der Waals surface area contributed by atoms with E-state index in [2.05, 4.69) is 60.7 Å². The Morgan fingerprint density at radius 2 is 1.29 bits per heavy atom. The first kappa shape index (κ1) is 12.3. The van der Waals surface area contributed by atoms with Gasteiger partial charge in [0, 0.05) is 11.4 Å². The molecule has 0 radical (unpaired) electrons. The van der Waals surface area contributed by atoms with Gasteiger partial charge in [-0.3, -0.25) is 0 Å². The van der Waals surface area contributed by atoms with Crippen LogP contribution in [0.25, 0.3) is 12.2 Å². The largest absolute Gasteiger partial charge is 0.401 e. The van der Waals surface area contributed by atoms with Gasteiger partial charge in [0.05, 0.1) is 5.41 Å². The first-order valence-electron chi connectivity index (χ1n) is 7.35. The van der Waals surface area contributed by atoms with Crippen LogP contribution >= 0.6 is 0 Å². The van der Waals surface area contributed by atoms with Crippen LogP contribution in [0.3, 0.4) is 0 Å². The molecule has 0 saturated carbocycles. The summed E-state index contributed by atoms with van der Waals surface area (Å²) in [6.07, 6.45) is 6.17. The van der Waals surface area contributed by atoms with E-state index in [1.54, 1.807) is 0 Å². The predicted octanol–water partition coefficient (Wildman–Crippen LogP) is 3.38. The Hall–Kier alpha value is -2.48. The molecule has 104 valence electrons. The molecule has 4 rings (SSSR count). The van der Waals surface area contributed by atoms with E-state index in [1.807, 2.05) is 0 Å². The highest BCUT2D eigenvalue weighted by Gasteiger charge is 2.44. The van der Waals surface area contributed by atoms with Crippen molar-refractivity contribution in [2.45, 2.75) is 18.3 Å². The Kier molecular flexibility index (Phi) is 2.49. The van der Waals surface area contributed by atoms with Crippen molar-refractivity contribution in [2.75, 3.05) is 0 Å². The smallest absolute Gasteiger partial charge is 0.0629 e. The minimum Gasteiger partial charge on any atom is -0.401 e. The standard InChI is InChI=1S/C19H18N2/c20-17-11-12-19(18(17)21)15-7-3-1-5-13(15)9-10-14-6-2-4-8-16(14)19/h1-10H,11-12,20-21H2. The van der Waals surface area contributed by atoms with Crippen LogP contribution in [0, 0.1) is 0 Å². The SMILES string of the molecule is NC1=C(N)C2(CC1)c1ccccc1C=Cc1ccccc12. The number of hydrogen-bond donors (Lipinski definition) is 2. The van der Waals surface area contributed by atoms with Gasteiger partial charge < -0.3 is 11.5 Å². The molecule has 0 saturated heterocycles. The molecule has 2 aliphatic rings. The molecular formula is C19H18N2. The molecule has 0 fully saturated rings. The molecule has 2 aliphatic carbocycles. The molecule has 0 bridgehead atoms. The summed E-state index contributed by atoms with van der Waals surface area (Å²) in [5.74, 6) is 0. The molecule has 2 nitrogen and oxygen atoms in total. The lowest BCUT2D eigenvalue weighted by atomic mass is 9.70. The van der Waals surface area contributed by atoms with Crippen molar-refractivity contribution in [2.24, 2.45) is 11.5 Å². The fourth-order valence-corrected chi connectivity index (χ4v) is 3.81. The molecule has 4 N–H and O–H groups in total. The minimum absolute atomic E-state index is 0.277. The van der Waals surface area contributed by atoms with Gasteiger partial charge in [0.25, 0.3) is 0 Å². The zero-order chi connectivity index (χ0) is 14.4. The fraction of sp³-hybridized carbons (Fsp3) is 0.158. The topological polar surface area (TPSA) is 52.0 Å². The maximum absolute atomic E-state index is 6.51. The molecule has 0 atom stereocenters. The first-order valence-corrected chi connectivity index (χ1v) is 7.35. The van der Waals surface area contributed by atoms with E-state index in [0.717, 1.165) is 24.2 Å². The Labute approximate surface area is 124 Å². The predicted molar refractivity (Wildman–Crippen MR) is 87.2 cm³/mol. The van der Waals surface area contributed by atoms with Crippen molar-refractivity contribution >= 4 is 12.2 Å². The fourth-order valence-electron chi connectivity index (χ4n) is 3.81. The van der Waals surface area contributed by atoms with Crippen LogP contribution in [-0.4, -0.2) is 0 Å². The number of hydrogen-bond acceptors (Lipinski definition) is 2. The van der Waals surface area contributed by atoms with E-state index in [-0.39, 0.29) is 5.41 Å². The summed E-state index contributed by atoms with van der Waals surface area (Å²) >= 11 is 0. The molecule has 2 aromatic rings. The van der Waals surface area contributed by atoms with Crippen molar-refractivity contribution in [1.29, 1.82) is 0 Å². The maximum atomic E-state index is 6.51. The zero-order valence-electron chi connectivity index (χ0n) is 11.8. The van der Waals surface area contributed by atoms with Crippen LogP contribution in [0.5, 0.6) is 0 Å². The molecule has 2 heteroatoms. The van der Waals surface area contributed by atoms with Crippen molar-refractivity contribution in [3.8, 4) is 0 Å². The minimum atomic E-state index is -0.277. The summed E-state index contributed by atoms with van der Waals surface area (Å²) in [6, 6.07) is 17.0. The van der Waals surface area contributed by atoms with Gasteiger partial charge >= 0.3 is 0 Å². The van der Waals surface area contributed by atoms with Crippen LogP contribution in [0.2, 0.25) is 0 Å². The quantitative estimate of drug-likeness (QED) is 0.773. The number of nitrogens with two attached hydrogens (primary N) is 2. The molecule has 21 heavy (non-hydrogen) atoms. The van der Waals surface area contributed by atoms with E-state index in [1.165, 1.54) is 22.3 Å². The van der Waals surface area contributed by atoms with Gasteiger partial charge in [-0.15, -0.1) is 0 Å². The van der Waals surface area contributed by atoms with Gasteiger partial charge in [-0.05, 0) is 35.1 Å². The summed E-state index contributed by atoms with van der Waals surface area (Å²) in [6.45, 7) is 0. The highest BCUT2D eigenvalue weighted by molar-refractivity contribution is 5.79. The van der Waals surface area contributed by atoms with Crippen LogP contribution < -0.4 is 11.5 Å². The van der Waals surface area contributed by atoms with Crippen molar-refractivity contribution in [3.05, 3.63) is 82.2 Å². The molecule has 2 aromatic carbocycles. The Morgan fingerprint density at radius 3 is 1.76 bits per heavy atom. The van der Waals surface area contributed by atoms with E-state index in [0.29, 0.717) is 0 Å². The Morgan fingerprint density at radius 1 is 0.762 bits per heavy atom. The second-order valence-electron chi connectivity index (χ2n) is 5.85. The normalized spacial score (nSPS) is 18.5. The average molecular weight is 274 g/mol. The summed E-state index contributed by atoms with van der Waals surface area (Å²) in [4.78, 5) is 0. The van der Waals surface area contributed by atoms with Gasteiger partial charge in [-0.25, -0.2) is 0 Å². The third-order valence-corrected chi connectivity index (χ3v) is 4.86. The maximum Gasteiger partial charge on any atom is 0.0629 e.